The van der Waals surface area contributed by atoms with E-state index in [1.165, 1.54) is 36.9 Å². The Kier molecular flexibility index (Phi) is 9.30. The number of aromatic nitrogens is 2. The van der Waals surface area contributed by atoms with Crippen LogP contribution in [0.2, 0.25) is 0 Å². The third-order valence-corrected chi connectivity index (χ3v) is 7.75. The Morgan fingerprint density at radius 2 is 1.83 bits per heavy atom. The van der Waals surface area contributed by atoms with Crippen molar-refractivity contribution in [3.8, 4) is 0 Å². The lowest BCUT2D eigenvalue weighted by molar-refractivity contribution is 0.101. The molecule has 8 nitrogen and oxygen atoms in total. The molecule has 1 aliphatic rings. The van der Waals surface area contributed by atoms with Crippen LogP contribution in [0.25, 0.3) is 0 Å². The highest BCUT2D eigenvalue weighted by Crippen LogP contribution is 2.20. The molecule has 186 valence electrons. The van der Waals surface area contributed by atoms with E-state index in [-0.39, 0.29) is 23.4 Å². The molecule has 1 atom stereocenters. The molecule has 1 heterocycles. The standard InChI is InChI=1S/C13H21N3OS.C12H10FN3O/c14-9-8-11-4-6-12(7-5-11)16-18(17,10-15)13-2-1-3-13;1-8(17)11-5-6-14-12(16-11)15-10-4-2-3-9(13)7-10/h4-7H,1-3,8-10,14-15H2,(H,16,17);2-7H,1H3,(H,14,15,16). The average molecular weight is 499 g/mol. The normalized spacial score (nSPS) is 14.1. The summed E-state index contributed by atoms with van der Waals surface area (Å²) in [5.74, 6) is -0.0527. The summed E-state index contributed by atoms with van der Waals surface area (Å²) in [6.07, 6.45) is 5.35. The van der Waals surface area contributed by atoms with Crippen molar-refractivity contribution in [3.63, 3.8) is 0 Å². The molecule has 1 aromatic heterocycles. The highest BCUT2D eigenvalue weighted by molar-refractivity contribution is 8.03. The number of carbonyl (C=O) groups is 1. The first-order valence-electron chi connectivity index (χ1n) is 11.3. The van der Waals surface area contributed by atoms with Gasteiger partial charge in [0.2, 0.25) is 5.95 Å². The van der Waals surface area contributed by atoms with Gasteiger partial charge in [0.1, 0.15) is 11.5 Å². The Labute approximate surface area is 205 Å². The van der Waals surface area contributed by atoms with Gasteiger partial charge in [-0.15, -0.1) is 0 Å². The Balaban J connectivity index is 0.000000196. The molecule has 35 heavy (non-hydrogen) atoms. The molecule has 10 heteroatoms. The topological polar surface area (TPSA) is 136 Å². The number of carbonyl (C=O) groups excluding carboxylic acids is 1. The van der Waals surface area contributed by atoms with Crippen LogP contribution in [-0.2, 0) is 16.1 Å². The molecule has 0 bridgehead atoms. The predicted octanol–water partition coefficient (Wildman–Crippen LogP) is 3.63. The monoisotopic (exact) mass is 498 g/mol. The second-order valence-corrected chi connectivity index (χ2v) is 10.5. The lowest BCUT2D eigenvalue weighted by Gasteiger charge is -2.24. The molecule has 0 spiro atoms. The van der Waals surface area contributed by atoms with Gasteiger partial charge in [-0.3, -0.25) is 4.79 Å². The molecule has 1 fully saturated rings. The highest BCUT2D eigenvalue weighted by Gasteiger charge is 2.19. The lowest BCUT2D eigenvalue weighted by Crippen LogP contribution is -2.33. The Morgan fingerprint density at radius 3 is 2.40 bits per heavy atom. The SMILES string of the molecule is CC(=O)c1ccnc(Nc2cccc(F)c2)n1.NCCc1ccc(NS(=O)(CN)=C2CCC2)cc1. The fraction of sp³-hybridized carbons (Fsp3) is 0.280. The maximum atomic E-state index is 12.9. The second-order valence-electron chi connectivity index (χ2n) is 8.03. The summed E-state index contributed by atoms with van der Waals surface area (Å²) in [6.45, 7) is 2.07. The van der Waals surface area contributed by atoms with Crippen molar-refractivity contribution < 1.29 is 13.4 Å². The van der Waals surface area contributed by atoms with E-state index < -0.39 is 9.71 Å². The van der Waals surface area contributed by atoms with E-state index in [4.69, 9.17) is 11.5 Å². The third-order valence-electron chi connectivity index (χ3n) is 5.38. The first-order chi connectivity index (χ1) is 16.8. The van der Waals surface area contributed by atoms with E-state index in [0.29, 0.717) is 17.9 Å². The Morgan fingerprint density at radius 1 is 1.09 bits per heavy atom. The number of halogens is 1. The van der Waals surface area contributed by atoms with Crippen molar-refractivity contribution in [3.05, 3.63) is 77.9 Å². The summed E-state index contributed by atoms with van der Waals surface area (Å²) in [6, 6.07) is 15.4. The number of ketones is 1. The minimum Gasteiger partial charge on any atom is -0.330 e. The zero-order chi connectivity index (χ0) is 25.3. The van der Waals surface area contributed by atoms with Crippen LogP contribution in [0.15, 0.2) is 60.8 Å². The molecule has 2 aromatic carbocycles. The van der Waals surface area contributed by atoms with Gasteiger partial charge >= 0.3 is 0 Å². The number of Topliss-reactive ketones (excluding diaryl/α,β-unsaturated/α-hetero) is 1. The van der Waals surface area contributed by atoms with Crippen molar-refractivity contribution in [1.29, 1.82) is 0 Å². The number of hydrogen-bond donors (Lipinski definition) is 4. The lowest BCUT2D eigenvalue weighted by atomic mass is 10.0. The molecule has 1 saturated carbocycles. The quantitative estimate of drug-likeness (QED) is 0.275. The summed E-state index contributed by atoms with van der Waals surface area (Å²) < 4.78 is 28.7. The summed E-state index contributed by atoms with van der Waals surface area (Å²) >= 11 is 0. The predicted molar refractivity (Wildman–Crippen MR) is 141 cm³/mol. The summed E-state index contributed by atoms with van der Waals surface area (Å²) in [5, 5.41) is 2.83. The van der Waals surface area contributed by atoms with Crippen LogP contribution >= 0.6 is 0 Å². The van der Waals surface area contributed by atoms with E-state index in [1.54, 1.807) is 12.1 Å². The maximum absolute atomic E-state index is 12.9. The van der Waals surface area contributed by atoms with Crippen molar-refractivity contribution in [2.75, 3.05) is 22.5 Å². The van der Waals surface area contributed by atoms with Crippen molar-refractivity contribution in [2.24, 2.45) is 11.5 Å². The van der Waals surface area contributed by atoms with Crippen LogP contribution in [0, 0.1) is 5.82 Å². The van der Waals surface area contributed by atoms with Gasteiger partial charge in [0, 0.05) is 29.4 Å². The number of benzene rings is 2. The second kappa shape index (κ2) is 12.4. The molecule has 0 aliphatic heterocycles. The van der Waals surface area contributed by atoms with Gasteiger partial charge in [-0.25, -0.2) is 18.6 Å². The molecule has 0 saturated heterocycles. The van der Waals surface area contributed by atoms with Crippen LogP contribution in [0.3, 0.4) is 0 Å². The van der Waals surface area contributed by atoms with Gasteiger partial charge in [0.05, 0.1) is 15.6 Å². The number of rotatable bonds is 8. The molecule has 1 unspecified atom stereocenters. The highest BCUT2D eigenvalue weighted by atomic mass is 32.2. The maximum Gasteiger partial charge on any atom is 0.227 e. The number of hydrogen-bond acceptors (Lipinski definition) is 7. The van der Waals surface area contributed by atoms with Crippen molar-refractivity contribution in [2.45, 2.75) is 32.6 Å². The van der Waals surface area contributed by atoms with Crippen LogP contribution in [0.4, 0.5) is 21.7 Å². The summed E-state index contributed by atoms with van der Waals surface area (Å²) in [4.78, 5) is 20.2. The number of nitrogens with zero attached hydrogens (tertiary/aromatic N) is 2. The number of nitrogens with two attached hydrogens (primary N) is 2. The van der Waals surface area contributed by atoms with Gasteiger partial charge in [-0.2, -0.15) is 0 Å². The Hall–Kier alpha value is -3.34. The third kappa shape index (κ3) is 7.57. The van der Waals surface area contributed by atoms with Gasteiger partial charge in [0.25, 0.3) is 0 Å². The molecule has 4 rings (SSSR count). The van der Waals surface area contributed by atoms with E-state index in [0.717, 1.165) is 36.2 Å². The first kappa shape index (κ1) is 26.3. The first-order valence-corrected chi connectivity index (χ1v) is 13.1. The zero-order valence-electron chi connectivity index (χ0n) is 19.7. The van der Waals surface area contributed by atoms with Crippen LogP contribution in [0.5, 0.6) is 0 Å². The number of anilines is 3. The van der Waals surface area contributed by atoms with Gasteiger partial charge in [-0.1, -0.05) is 18.2 Å². The molecular weight excluding hydrogens is 467 g/mol. The van der Waals surface area contributed by atoms with Crippen LogP contribution in [0.1, 0.15) is 42.2 Å². The molecule has 3 aromatic rings. The van der Waals surface area contributed by atoms with Gasteiger partial charge in [0.15, 0.2) is 5.78 Å². The van der Waals surface area contributed by atoms with E-state index >= 15 is 0 Å². The summed E-state index contributed by atoms with van der Waals surface area (Å²) in [5.41, 5.74) is 14.1. The number of nitrogens with one attached hydrogen (secondary N) is 2. The summed E-state index contributed by atoms with van der Waals surface area (Å²) in [7, 11) is -2.23. The smallest absolute Gasteiger partial charge is 0.227 e. The van der Waals surface area contributed by atoms with Gasteiger partial charge < -0.3 is 21.5 Å². The Bertz CT molecular complexity index is 1270. The van der Waals surface area contributed by atoms with Crippen molar-refractivity contribution >= 4 is 37.7 Å². The van der Waals surface area contributed by atoms with Gasteiger partial charge in [-0.05, 0) is 74.2 Å². The molecule has 1 aliphatic carbocycles. The fourth-order valence-corrected chi connectivity index (χ4v) is 5.22. The zero-order valence-corrected chi connectivity index (χ0v) is 20.5. The molecular formula is C25H31FN6O2S. The van der Waals surface area contributed by atoms with Crippen LogP contribution in [-0.4, -0.2) is 37.2 Å². The minimum atomic E-state index is -2.23. The molecule has 0 amide bonds. The van der Waals surface area contributed by atoms with E-state index in [2.05, 4.69) is 20.0 Å². The van der Waals surface area contributed by atoms with Crippen molar-refractivity contribution in [1.82, 2.24) is 9.97 Å². The van der Waals surface area contributed by atoms with E-state index in [1.807, 2.05) is 24.3 Å². The largest absolute Gasteiger partial charge is 0.330 e. The fourth-order valence-electron chi connectivity index (χ4n) is 3.29. The minimum absolute atomic E-state index is 0.144. The molecule has 6 N–H and O–H groups in total. The van der Waals surface area contributed by atoms with Crippen LogP contribution < -0.4 is 21.5 Å². The molecule has 0 radical (unpaired) electrons. The average Bonchev–Trinajstić information content (AvgIpc) is 2.80. The van der Waals surface area contributed by atoms with E-state index in [9.17, 15) is 13.4 Å².